The number of hydrogen-bond acceptors (Lipinski definition) is 2. The van der Waals surface area contributed by atoms with Crippen molar-refractivity contribution < 1.29 is 9.18 Å². The summed E-state index contributed by atoms with van der Waals surface area (Å²) in [5.41, 5.74) is 3.10. The second-order valence-corrected chi connectivity index (χ2v) is 7.91. The number of amides is 1. The maximum Gasteiger partial charge on any atom is 0.253 e. The predicted molar refractivity (Wildman–Crippen MR) is 101 cm³/mol. The average Bonchev–Trinajstić information content (AvgIpc) is 3.14. The minimum Gasteiger partial charge on any atom is -0.338 e. The first-order chi connectivity index (χ1) is 12.5. The molecule has 3 atom stereocenters. The molecular weight excluding hydrogens is 351 g/mol. The number of benzene rings is 2. The lowest BCUT2D eigenvalue weighted by Gasteiger charge is -2.28. The summed E-state index contributed by atoms with van der Waals surface area (Å²) in [4.78, 5) is 17.2. The van der Waals surface area contributed by atoms with E-state index in [2.05, 4.69) is 43.1 Å². The molecule has 2 fully saturated rings. The summed E-state index contributed by atoms with van der Waals surface area (Å²) in [6.07, 6.45) is 0. The minimum atomic E-state index is -0.497. The zero-order valence-corrected chi connectivity index (χ0v) is 15.7. The van der Waals surface area contributed by atoms with Gasteiger partial charge in [-0.05, 0) is 49.2 Å². The molecule has 2 saturated heterocycles. The number of rotatable bonds is 2. The van der Waals surface area contributed by atoms with Crippen molar-refractivity contribution >= 4 is 17.5 Å². The molecule has 0 radical (unpaired) electrons. The van der Waals surface area contributed by atoms with Crippen LogP contribution in [0.4, 0.5) is 4.39 Å². The van der Waals surface area contributed by atoms with Crippen molar-refractivity contribution in [3.05, 3.63) is 70.0 Å². The number of carbonyl (C=O) groups excluding carboxylic acids is 1. The molecular formula is C21H22ClFN2O. The summed E-state index contributed by atoms with van der Waals surface area (Å²) in [6.45, 7) is 4.60. The Morgan fingerprint density at radius 2 is 1.92 bits per heavy atom. The van der Waals surface area contributed by atoms with E-state index in [0.29, 0.717) is 23.4 Å². The van der Waals surface area contributed by atoms with Crippen LogP contribution in [0.1, 0.15) is 27.5 Å². The van der Waals surface area contributed by atoms with Gasteiger partial charge >= 0.3 is 0 Å². The number of carbonyl (C=O) groups is 1. The molecule has 0 N–H and O–H groups in total. The summed E-state index contributed by atoms with van der Waals surface area (Å²) >= 11 is 5.85. The van der Waals surface area contributed by atoms with Crippen LogP contribution in [0.15, 0.2) is 42.5 Å². The molecule has 2 heterocycles. The Morgan fingerprint density at radius 3 is 2.65 bits per heavy atom. The molecule has 0 unspecified atom stereocenters. The molecule has 136 valence electrons. The Kier molecular flexibility index (Phi) is 4.49. The zero-order chi connectivity index (χ0) is 18.4. The maximum atomic E-state index is 13.4. The van der Waals surface area contributed by atoms with Crippen molar-refractivity contribution in [3.8, 4) is 0 Å². The molecule has 4 rings (SSSR count). The van der Waals surface area contributed by atoms with Crippen LogP contribution in [0.25, 0.3) is 0 Å². The van der Waals surface area contributed by atoms with E-state index in [1.54, 1.807) is 0 Å². The Hall–Kier alpha value is -1.91. The van der Waals surface area contributed by atoms with Crippen molar-refractivity contribution in [3.63, 3.8) is 0 Å². The second kappa shape index (κ2) is 6.67. The molecule has 3 nitrogen and oxygen atoms in total. The summed E-state index contributed by atoms with van der Waals surface area (Å²) in [5, 5.41) is -0.00670. The molecule has 1 amide bonds. The Bertz CT molecular complexity index is 856. The van der Waals surface area contributed by atoms with Crippen LogP contribution in [0.2, 0.25) is 5.02 Å². The first-order valence-corrected chi connectivity index (χ1v) is 9.33. The van der Waals surface area contributed by atoms with Crippen molar-refractivity contribution in [1.82, 2.24) is 9.80 Å². The number of hydrogen-bond donors (Lipinski definition) is 0. The first-order valence-electron chi connectivity index (χ1n) is 8.96. The number of halogens is 2. The zero-order valence-electron chi connectivity index (χ0n) is 15.0. The van der Waals surface area contributed by atoms with Gasteiger partial charge < -0.3 is 4.90 Å². The third-order valence-corrected chi connectivity index (χ3v) is 6.15. The van der Waals surface area contributed by atoms with Gasteiger partial charge in [0, 0.05) is 37.2 Å². The molecule has 2 aliphatic heterocycles. The van der Waals surface area contributed by atoms with Gasteiger partial charge in [-0.25, -0.2) is 4.39 Å². The smallest absolute Gasteiger partial charge is 0.253 e. The van der Waals surface area contributed by atoms with Gasteiger partial charge in [0.25, 0.3) is 5.91 Å². The molecule has 0 saturated carbocycles. The van der Waals surface area contributed by atoms with E-state index in [9.17, 15) is 9.18 Å². The lowest BCUT2D eigenvalue weighted by molar-refractivity contribution is 0.0768. The third-order valence-electron chi connectivity index (χ3n) is 5.86. The number of fused-ring (bicyclic) bond motifs is 1. The fourth-order valence-corrected chi connectivity index (χ4v) is 4.80. The largest absolute Gasteiger partial charge is 0.338 e. The molecule has 0 aromatic heterocycles. The monoisotopic (exact) mass is 372 g/mol. The number of nitrogens with zero attached hydrogens (tertiary/aromatic N) is 2. The van der Waals surface area contributed by atoms with Crippen LogP contribution >= 0.6 is 11.6 Å². The fraction of sp³-hybridized carbons (Fsp3) is 0.381. The van der Waals surface area contributed by atoms with Gasteiger partial charge in [-0.3, -0.25) is 9.69 Å². The SMILES string of the molecule is Cc1ccccc1[C@H]1[C@@H]2CN(C(=O)c3ccc(F)c(Cl)c3)C[C@@H]2CN1C. The number of likely N-dealkylation sites (tertiary alicyclic amines) is 2. The summed E-state index contributed by atoms with van der Waals surface area (Å²) in [6, 6.07) is 13.0. The lowest BCUT2D eigenvalue weighted by atomic mass is 9.88. The summed E-state index contributed by atoms with van der Waals surface area (Å²) in [5.74, 6) is 0.320. The van der Waals surface area contributed by atoms with Gasteiger partial charge in [0.15, 0.2) is 0 Å². The summed E-state index contributed by atoms with van der Waals surface area (Å²) < 4.78 is 13.4. The second-order valence-electron chi connectivity index (χ2n) is 7.50. The molecule has 0 bridgehead atoms. The molecule has 2 aromatic carbocycles. The van der Waals surface area contributed by atoms with Gasteiger partial charge in [0.2, 0.25) is 0 Å². The van der Waals surface area contributed by atoms with Crippen LogP contribution in [-0.4, -0.2) is 42.4 Å². The number of aryl methyl sites for hydroxylation is 1. The van der Waals surface area contributed by atoms with Crippen LogP contribution in [0.5, 0.6) is 0 Å². The highest BCUT2D eigenvalue weighted by Crippen LogP contribution is 2.45. The van der Waals surface area contributed by atoms with Gasteiger partial charge in [-0.2, -0.15) is 0 Å². The van der Waals surface area contributed by atoms with E-state index in [1.807, 2.05) is 4.90 Å². The van der Waals surface area contributed by atoms with Crippen LogP contribution in [-0.2, 0) is 0 Å². The van der Waals surface area contributed by atoms with E-state index in [0.717, 1.165) is 19.6 Å². The molecule has 2 aliphatic rings. The predicted octanol–water partition coefficient (Wildman–Crippen LogP) is 4.16. The van der Waals surface area contributed by atoms with Gasteiger partial charge in [-0.15, -0.1) is 0 Å². The highest BCUT2D eigenvalue weighted by Gasteiger charge is 2.47. The van der Waals surface area contributed by atoms with E-state index in [1.165, 1.54) is 29.3 Å². The Balaban J connectivity index is 1.57. The molecule has 26 heavy (non-hydrogen) atoms. The van der Waals surface area contributed by atoms with Gasteiger partial charge in [-0.1, -0.05) is 35.9 Å². The Morgan fingerprint density at radius 1 is 1.15 bits per heavy atom. The molecule has 5 heteroatoms. The maximum absolute atomic E-state index is 13.4. The summed E-state index contributed by atoms with van der Waals surface area (Å²) in [7, 11) is 2.17. The highest BCUT2D eigenvalue weighted by molar-refractivity contribution is 6.31. The van der Waals surface area contributed by atoms with Gasteiger partial charge in [0.05, 0.1) is 5.02 Å². The van der Waals surface area contributed by atoms with Crippen molar-refractivity contribution in [1.29, 1.82) is 0 Å². The van der Waals surface area contributed by atoms with E-state index < -0.39 is 5.82 Å². The van der Waals surface area contributed by atoms with Crippen LogP contribution < -0.4 is 0 Å². The topological polar surface area (TPSA) is 23.6 Å². The first kappa shape index (κ1) is 17.5. The molecule has 0 spiro atoms. The third kappa shape index (κ3) is 2.91. The lowest BCUT2D eigenvalue weighted by Crippen LogP contribution is -2.33. The van der Waals surface area contributed by atoms with Gasteiger partial charge in [0.1, 0.15) is 5.82 Å². The standard InChI is InChI=1S/C21H22ClFN2O/c1-13-5-3-4-6-16(13)20-17-12-25(11-15(17)10-24(20)2)21(26)14-7-8-19(23)18(22)9-14/h3-9,15,17,20H,10-12H2,1-2H3/t15-,17+,20-/m0/s1. The van der Waals surface area contributed by atoms with Crippen LogP contribution in [0.3, 0.4) is 0 Å². The molecule has 2 aromatic rings. The van der Waals surface area contributed by atoms with E-state index >= 15 is 0 Å². The van der Waals surface area contributed by atoms with Crippen molar-refractivity contribution in [2.75, 3.05) is 26.7 Å². The normalized spacial score (nSPS) is 25.5. The van der Waals surface area contributed by atoms with Crippen LogP contribution in [0, 0.1) is 24.6 Å². The quantitative estimate of drug-likeness (QED) is 0.790. The fourth-order valence-electron chi connectivity index (χ4n) is 4.62. The highest BCUT2D eigenvalue weighted by atomic mass is 35.5. The Labute approximate surface area is 158 Å². The van der Waals surface area contributed by atoms with E-state index in [-0.39, 0.29) is 10.9 Å². The average molecular weight is 373 g/mol. The minimum absolute atomic E-state index is 0.00670. The van der Waals surface area contributed by atoms with Crippen molar-refractivity contribution in [2.45, 2.75) is 13.0 Å². The molecule has 0 aliphatic carbocycles. The van der Waals surface area contributed by atoms with Crippen molar-refractivity contribution in [2.24, 2.45) is 11.8 Å². The van der Waals surface area contributed by atoms with E-state index in [4.69, 9.17) is 11.6 Å².